The minimum Gasteiger partial charge on any atom is -0.338 e. The second kappa shape index (κ2) is 8.25. The molecule has 2 rings (SSSR count). The minimum absolute atomic E-state index is 0.162. The van der Waals surface area contributed by atoms with Gasteiger partial charge in [0.15, 0.2) is 0 Å². The first-order valence-corrected chi connectivity index (χ1v) is 8.04. The van der Waals surface area contributed by atoms with E-state index >= 15 is 0 Å². The fraction of sp³-hybridized carbons (Fsp3) is 0.562. The molecule has 2 amide bonds. The van der Waals surface area contributed by atoms with Crippen molar-refractivity contribution in [2.24, 2.45) is 5.92 Å². The summed E-state index contributed by atoms with van der Waals surface area (Å²) < 4.78 is 0. The lowest BCUT2D eigenvalue weighted by atomic mass is 9.99. The third-order valence-electron chi connectivity index (χ3n) is 3.92. The van der Waals surface area contributed by atoms with E-state index in [2.05, 4.69) is 22.5 Å². The molecule has 21 heavy (non-hydrogen) atoms. The van der Waals surface area contributed by atoms with E-state index in [1.807, 2.05) is 0 Å². The molecule has 1 saturated heterocycles. The number of anilines is 1. The molecule has 1 aromatic carbocycles. The lowest BCUT2D eigenvalue weighted by Crippen LogP contribution is -2.36. The summed E-state index contributed by atoms with van der Waals surface area (Å²) in [5.41, 5.74) is 0.752. The summed E-state index contributed by atoms with van der Waals surface area (Å²) in [6.45, 7) is 6.47. The Bertz CT molecular complexity index is 441. The molecule has 1 aromatic rings. The lowest BCUT2D eigenvalue weighted by Gasteiger charge is -2.30. The van der Waals surface area contributed by atoms with Gasteiger partial charge < -0.3 is 15.5 Å². The third kappa shape index (κ3) is 5.94. The highest BCUT2D eigenvalue weighted by Crippen LogP contribution is 2.15. The van der Waals surface area contributed by atoms with Gasteiger partial charge in [0.25, 0.3) is 0 Å². The van der Waals surface area contributed by atoms with E-state index in [9.17, 15) is 4.79 Å². The monoisotopic (exact) mass is 309 g/mol. The van der Waals surface area contributed by atoms with Crippen LogP contribution in [0.5, 0.6) is 0 Å². The molecule has 0 bridgehead atoms. The Morgan fingerprint density at radius 2 is 1.95 bits per heavy atom. The Labute approximate surface area is 131 Å². The third-order valence-corrected chi connectivity index (χ3v) is 4.17. The topological polar surface area (TPSA) is 44.4 Å². The molecule has 4 nitrogen and oxygen atoms in total. The molecular weight excluding hydrogens is 286 g/mol. The molecule has 0 aliphatic carbocycles. The van der Waals surface area contributed by atoms with Crippen LogP contribution in [-0.2, 0) is 0 Å². The molecule has 0 unspecified atom stereocenters. The number of carbonyl (C=O) groups is 1. The fourth-order valence-electron chi connectivity index (χ4n) is 2.50. The van der Waals surface area contributed by atoms with Crippen LogP contribution in [0.4, 0.5) is 10.5 Å². The number of hydrogen-bond donors (Lipinski definition) is 2. The summed E-state index contributed by atoms with van der Waals surface area (Å²) in [5.74, 6) is 0.865. The molecule has 1 heterocycles. The number of nitrogens with zero attached hydrogens (tertiary/aromatic N) is 1. The van der Waals surface area contributed by atoms with Crippen LogP contribution < -0.4 is 10.6 Å². The molecule has 0 atom stereocenters. The van der Waals surface area contributed by atoms with Crippen molar-refractivity contribution in [3.8, 4) is 0 Å². The smallest absolute Gasteiger partial charge is 0.319 e. The summed E-state index contributed by atoms with van der Waals surface area (Å²) in [7, 11) is 0. The van der Waals surface area contributed by atoms with E-state index < -0.39 is 0 Å². The van der Waals surface area contributed by atoms with E-state index in [1.165, 1.54) is 25.9 Å². The SMILES string of the molecule is CC1CCN(CCCNC(=O)Nc2ccc(Cl)cc2)CC1. The number of halogens is 1. The van der Waals surface area contributed by atoms with Crippen molar-refractivity contribution in [1.82, 2.24) is 10.2 Å². The van der Waals surface area contributed by atoms with Gasteiger partial charge >= 0.3 is 6.03 Å². The van der Waals surface area contributed by atoms with Gasteiger partial charge in [0.05, 0.1) is 0 Å². The Morgan fingerprint density at radius 1 is 1.29 bits per heavy atom. The number of nitrogens with one attached hydrogen (secondary N) is 2. The van der Waals surface area contributed by atoms with Gasteiger partial charge in [-0.2, -0.15) is 0 Å². The van der Waals surface area contributed by atoms with Crippen molar-refractivity contribution < 1.29 is 4.79 Å². The maximum absolute atomic E-state index is 11.7. The second-order valence-electron chi connectivity index (χ2n) is 5.77. The largest absolute Gasteiger partial charge is 0.338 e. The molecule has 1 aliphatic heterocycles. The van der Waals surface area contributed by atoms with Crippen molar-refractivity contribution in [3.63, 3.8) is 0 Å². The first kappa shape index (κ1) is 16.1. The van der Waals surface area contributed by atoms with Crippen LogP contribution >= 0.6 is 11.6 Å². The summed E-state index contributed by atoms with van der Waals surface area (Å²) in [6.07, 6.45) is 3.58. The molecule has 5 heteroatoms. The van der Waals surface area contributed by atoms with Gasteiger partial charge in [0.1, 0.15) is 0 Å². The van der Waals surface area contributed by atoms with Crippen molar-refractivity contribution in [1.29, 1.82) is 0 Å². The summed E-state index contributed by atoms with van der Waals surface area (Å²) in [5, 5.41) is 6.34. The lowest BCUT2D eigenvalue weighted by molar-refractivity contribution is 0.190. The molecule has 0 saturated carbocycles. The molecule has 116 valence electrons. The zero-order valence-corrected chi connectivity index (χ0v) is 13.3. The van der Waals surface area contributed by atoms with E-state index in [1.54, 1.807) is 24.3 Å². The van der Waals surface area contributed by atoms with Crippen molar-refractivity contribution in [2.45, 2.75) is 26.2 Å². The molecule has 0 aromatic heterocycles. The summed E-state index contributed by atoms with van der Waals surface area (Å²) >= 11 is 5.80. The standard InChI is InChI=1S/C16H24ClN3O/c1-13-7-11-20(12-8-13)10-2-9-18-16(21)19-15-5-3-14(17)4-6-15/h3-6,13H,2,7-12H2,1H3,(H2,18,19,21). The molecule has 0 spiro atoms. The van der Waals surface area contributed by atoms with E-state index in [0.29, 0.717) is 11.6 Å². The number of likely N-dealkylation sites (tertiary alicyclic amines) is 1. The second-order valence-corrected chi connectivity index (χ2v) is 6.20. The van der Waals surface area contributed by atoms with Crippen molar-refractivity contribution >= 4 is 23.3 Å². The zero-order chi connectivity index (χ0) is 15.1. The quantitative estimate of drug-likeness (QED) is 0.817. The maximum Gasteiger partial charge on any atom is 0.319 e. The fourth-order valence-corrected chi connectivity index (χ4v) is 2.62. The summed E-state index contributed by atoms with van der Waals surface area (Å²) in [6, 6.07) is 6.93. The highest BCUT2D eigenvalue weighted by Gasteiger charge is 2.14. The van der Waals surface area contributed by atoms with Gasteiger partial charge in [-0.05, 0) is 69.1 Å². The number of carbonyl (C=O) groups excluding carboxylic acids is 1. The highest BCUT2D eigenvalue weighted by atomic mass is 35.5. The van der Waals surface area contributed by atoms with E-state index in [0.717, 1.165) is 24.6 Å². The van der Waals surface area contributed by atoms with Crippen LogP contribution in [0.15, 0.2) is 24.3 Å². The van der Waals surface area contributed by atoms with Crippen LogP contribution in [0.2, 0.25) is 5.02 Å². The average molecular weight is 310 g/mol. The van der Waals surface area contributed by atoms with E-state index in [4.69, 9.17) is 11.6 Å². The maximum atomic E-state index is 11.7. The normalized spacial score (nSPS) is 16.7. The number of amides is 2. The summed E-state index contributed by atoms with van der Waals surface area (Å²) in [4.78, 5) is 14.2. The molecule has 2 N–H and O–H groups in total. The van der Waals surface area contributed by atoms with Crippen molar-refractivity contribution in [3.05, 3.63) is 29.3 Å². The van der Waals surface area contributed by atoms with Gasteiger partial charge in [-0.15, -0.1) is 0 Å². The first-order valence-electron chi connectivity index (χ1n) is 7.66. The van der Waals surface area contributed by atoms with Crippen LogP contribution in [0.25, 0.3) is 0 Å². The predicted molar refractivity (Wildman–Crippen MR) is 87.9 cm³/mol. The highest BCUT2D eigenvalue weighted by molar-refractivity contribution is 6.30. The molecule has 0 radical (unpaired) electrons. The molecular formula is C16H24ClN3O. The Hall–Kier alpha value is -1.26. The van der Waals surface area contributed by atoms with Crippen LogP contribution in [0.1, 0.15) is 26.2 Å². The average Bonchev–Trinajstić information content (AvgIpc) is 2.48. The number of hydrogen-bond acceptors (Lipinski definition) is 2. The molecule has 1 fully saturated rings. The number of rotatable bonds is 5. The molecule has 1 aliphatic rings. The Balaban J connectivity index is 1.58. The van der Waals surface area contributed by atoms with Gasteiger partial charge in [0.2, 0.25) is 0 Å². The van der Waals surface area contributed by atoms with Gasteiger partial charge in [-0.3, -0.25) is 0 Å². The predicted octanol–water partition coefficient (Wildman–Crippen LogP) is 3.58. The zero-order valence-electron chi connectivity index (χ0n) is 12.6. The van der Waals surface area contributed by atoms with Crippen LogP contribution in [0, 0.1) is 5.92 Å². The van der Waals surface area contributed by atoms with E-state index in [-0.39, 0.29) is 6.03 Å². The van der Waals surface area contributed by atoms with Gasteiger partial charge in [-0.25, -0.2) is 4.79 Å². The Morgan fingerprint density at radius 3 is 2.62 bits per heavy atom. The number of piperidine rings is 1. The minimum atomic E-state index is -0.162. The first-order chi connectivity index (χ1) is 10.1. The van der Waals surface area contributed by atoms with Gasteiger partial charge in [-0.1, -0.05) is 18.5 Å². The number of benzene rings is 1. The Kier molecular flexibility index (Phi) is 6.33. The van der Waals surface area contributed by atoms with Crippen LogP contribution in [-0.4, -0.2) is 37.1 Å². The van der Waals surface area contributed by atoms with Crippen LogP contribution in [0.3, 0.4) is 0 Å². The van der Waals surface area contributed by atoms with Crippen molar-refractivity contribution in [2.75, 3.05) is 31.5 Å². The van der Waals surface area contributed by atoms with Gasteiger partial charge in [0, 0.05) is 17.3 Å². The number of urea groups is 1.